The highest BCUT2D eigenvalue weighted by Crippen LogP contribution is 2.27. The first-order valence-corrected chi connectivity index (χ1v) is 8.00. The number of aromatic nitrogens is 3. The quantitative estimate of drug-likeness (QED) is 0.571. The van der Waals surface area contributed by atoms with Crippen LogP contribution in [0.2, 0.25) is 0 Å². The van der Waals surface area contributed by atoms with Crippen LogP contribution in [0.5, 0.6) is 5.75 Å². The summed E-state index contributed by atoms with van der Waals surface area (Å²) in [6, 6.07) is 12.1. The molecule has 6 heteroatoms. The van der Waals surface area contributed by atoms with Gasteiger partial charge in [0.2, 0.25) is 4.77 Å². The Balaban J connectivity index is 2.07. The van der Waals surface area contributed by atoms with E-state index in [1.54, 1.807) is 4.68 Å². The van der Waals surface area contributed by atoms with Gasteiger partial charge in [-0.25, -0.2) is 0 Å². The van der Waals surface area contributed by atoms with Crippen molar-refractivity contribution in [3.05, 3.63) is 52.6 Å². The van der Waals surface area contributed by atoms with Gasteiger partial charge in [-0.3, -0.25) is 5.10 Å². The van der Waals surface area contributed by atoms with Crippen LogP contribution in [0.3, 0.4) is 0 Å². The summed E-state index contributed by atoms with van der Waals surface area (Å²) in [5.41, 5.74) is 1.01. The van der Waals surface area contributed by atoms with E-state index >= 15 is 0 Å². The van der Waals surface area contributed by atoms with Crippen molar-refractivity contribution >= 4 is 29.2 Å². The molecule has 0 radical (unpaired) electrons. The van der Waals surface area contributed by atoms with Gasteiger partial charge in [-0.15, -0.1) is 0 Å². The first-order valence-electron chi connectivity index (χ1n) is 7.59. The Morgan fingerprint density at radius 3 is 2.74 bits per heavy atom. The number of hydrogen-bond donors (Lipinski definition) is 1. The van der Waals surface area contributed by atoms with E-state index in [1.807, 2.05) is 44.3 Å². The molecule has 0 aliphatic rings. The van der Waals surface area contributed by atoms with Crippen LogP contribution in [-0.4, -0.2) is 27.7 Å². The van der Waals surface area contributed by atoms with Crippen LogP contribution < -0.4 is 4.74 Å². The van der Waals surface area contributed by atoms with Crippen molar-refractivity contribution in [2.45, 2.75) is 20.3 Å². The van der Waals surface area contributed by atoms with E-state index < -0.39 is 0 Å². The van der Waals surface area contributed by atoms with E-state index in [0.29, 0.717) is 11.4 Å². The zero-order valence-electron chi connectivity index (χ0n) is 13.1. The molecular formula is C17H18N4OS. The monoisotopic (exact) mass is 326 g/mol. The molecule has 5 nitrogen and oxygen atoms in total. The minimum Gasteiger partial charge on any atom is -0.493 e. The summed E-state index contributed by atoms with van der Waals surface area (Å²) in [5, 5.41) is 13.6. The van der Waals surface area contributed by atoms with Gasteiger partial charge < -0.3 is 4.74 Å². The Hall–Kier alpha value is -2.47. The van der Waals surface area contributed by atoms with Crippen LogP contribution in [0.25, 0.3) is 10.8 Å². The van der Waals surface area contributed by atoms with Crippen molar-refractivity contribution in [1.82, 2.24) is 14.9 Å². The summed E-state index contributed by atoms with van der Waals surface area (Å²) in [7, 11) is 0. The third-order valence-corrected chi connectivity index (χ3v) is 3.83. The first-order chi connectivity index (χ1) is 11.2. The first kappa shape index (κ1) is 15.4. The average Bonchev–Trinajstić information content (AvgIpc) is 2.94. The van der Waals surface area contributed by atoms with E-state index in [1.165, 1.54) is 0 Å². The Morgan fingerprint density at radius 1 is 1.22 bits per heavy atom. The van der Waals surface area contributed by atoms with Crippen LogP contribution >= 0.6 is 12.2 Å². The molecule has 1 N–H and O–H groups in total. The number of benzene rings is 2. The molecule has 0 spiro atoms. The number of H-pyrrole nitrogens is 1. The normalized spacial score (nSPS) is 11.4. The molecule has 0 aliphatic heterocycles. The van der Waals surface area contributed by atoms with Crippen molar-refractivity contribution in [3.8, 4) is 5.75 Å². The SMILES string of the molecule is CCOc1ccc(/C=N\n2c(CC)n[nH]c2=S)c2ccccc12. The summed E-state index contributed by atoms with van der Waals surface area (Å²) in [4.78, 5) is 0. The molecule has 23 heavy (non-hydrogen) atoms. The number of fused-ring (bicyclic) bond motifs is 1. The number of nitrogens with zero attached hydrogens (tertiary/aromatic N) is 3. The van der Waals surface area contributed by atoms with Gasteiger partial charge in [-0.2, -0.15) is 14.9 Å². The lowest BCUT2D eigenvalue weighted by Crippen LogP contribution is -1.98. The molecule has 0 aliphatic carbocycles. The molecule has 0 saturated heterocycles. The zero-order chi connectivity index (χ0) is 16.2. The molecule has 1 heterocycles. The number of aromatic amines is 1. The summed E-state index contributed by atoms with van der Waals surface area (Å²) < 4.78 is 7.85. The predicted octanol–water partition coefficient (Wildman–Crippen LogP) is 3.94. The number of nitrogens with one attached hydrogen (secondary N) is 1. The van der Waals surface area contributed by atoms with Crippen LogP contribution in [0.15, 0.2) is 41.5 Å². The van der Waals surface area contributed by atoms with Crippen LogP contribution in [0, 0.1) is 4.77 Å². The summed E-state index contributed by atoms with van der Waals surface area (Å²) in [5.74, 6) is 1.69. The van der Waals surface area contributed by atoms with Crippen molar-refractivity contribution < 1.29 is 4.74 Å². The minimum absolute atomic E-state index is 0.494. The van der Waals surface area contributed by atoms with Crippen molar-refractivity contribution in [3.63, 3.8) is 0 Å². The number of hydrogen-bond acceptors (Lipinski definition) is 4. The molecule has 0 fully saturated rings. The number of aryl methyl sites for hydroxylation is 1. The topological polar surface area (TPSA) is 55.2 Å². The highest BCUT2D eigenvalue weighted by molar-refractivity contribution is 7.71. The van der Waals surface area contributed by atoms with Crippen molar-refractivity contribution in [2.75, 3.05) is 6.61 Å². The third-order valence-electron chi connectivity index (χ3n) is 3.56. The van der Waals surface area contributed by atoms with Crippen molar-refractivity contribution in [2.24, 2.45) is 5.10 Å². The molecule has 0 bridgehead atoms. The summed E-state index contributed by atoms with van der Waals surface area (Å²) in [6.07, 6.45) is 2.57. The Labute approximate surface area is 139 Å². The highest BCUT2D eigenvalue weighted by Gasteiger charge is 2.06. The van der Waals surface area contributed by atoms with Gasteiger partial charge in [-0.05, 0) is 36.7 Å². The highest BCUT2D eigenvalue weighted by atomic mass is 32.1. The summed E-state index contributed by atoms with van der Waals surface area (Å²) >= 11 is 5.22. The maximum Gasteiger partial charge on any atom is 0.216 e. The number of ether oxygens (including phenoxy) is 1. The third kappa shape index (κ3) is 3.03. The molecule has 0 amide bonds. The molecule has 0 saturated carbocycles. The number of rotatable bonds is 5. The second-order valence-corrected chi connectivity index (χ2v) is 5.37. The van der Waals surface area contributed by atoms with Gasteiger partial charge in [-0.1, -0.05) is 31.2 Å². The molecule has 0 atom stereocenters. The Kier molecular flexibility index (Phi) is 4.52. The Morgan fingerprint density at radius 2 is 2.00 bits per heavy atom. The van der Waals surface area contributed by atoms with Gasteiger partial charge in [0.25, 0.3) is 0 Å². The fraction of sp³-hybridized carbons (Fsp3) is 0.235. The van der Waals surface area contributed by atoms with Gasteiger partial charge in [0, 0.05) is 17.4 Å². The molecule has 1 aromatic heterocycles. The lowest BCUT2D eigenvalue weighted by Gasteiger charge is -2.09. The smallest absolute Gasteiger partial charge is 0.216 e. The lowest BCUT2D eigenvalue weighted by molar-refractivity contribution is 0.344. The largest absolute Gasteiger partial charge is 0.493 e. The van der Waals surface area contributed by atoms with Crippen LogP contribution in [-0.2, 0) is 6.42 Å². The molecule has 0 unspecified atom stereocenters. The van der Waals surface area contributed by atoms with E-state index in [9.17, 15) is 0 Å². The molecule has 3 rings (SSSR count). The maximum atomic E-state index is 5.70. The lowest BCUT2D eigenvalue weighted by atomic mass is 10.0. The van der Waals surface area contributed by atoms with E-state index in [2.05, 4.69) is 27.4 Å². The van der Waals surface area contributed by atoms with Gasteiger partial charge in [0.1, 0.15) is 5.75 Å². The zero-order valence-corrected chi connectivity index (χ0v) is 13.9. The molecule has 118 valence electrons. The second-order valence-electron chi connectivity index (χ2n) is 4.99. The second kappa shape index (κ2) is 6.75. The predicted molar refractivity (Wildman–Crippen MR) is 94.9 cm³/mol. The Bertz CT molecular complexity index is 910. The van der Waals surface area contributed by atoms with Crippen LogP contribution in [0.4, 0.5) is 0 Å². The van der Waals surface area contributed by atoms with E-state index in [4.69, 9.17) is 17.0 Å². The fourth-order valence-corrected chi connectivity index (χ4v) is 2.68. The van der Waals surface area contributed by atoms with E-state index in [-0.39, 0.29) is 0 Å². The average molecular weight is 326 g/mol. The van der Waals surface area contributed by atoms with Gasteiger partial charge in [0.05, 0.1) is 12.8 Å². The minimum atomic E-state index is 0.494. The maximum absolute atomic E-state index is 5.70. The van der Waals surface area contributed by atoms with Gasteiger partial charge in [0.15, 0.2) is 5.82 Å². The van der Waals surface area contributed by atoms with Gasteiger partial charge >= 0.3 is 0 Å². The van der Waals surface area contributed by atoms with Crippen LogP contribution in [0.1, 0.15) is 25.2 Å². The molecular weight excluding hydrogens is 308 g/mol. The summed E-state index contributed by atoms with van der Waals surface area (Å²) in [6.45, 7) is 4.64. The molecule has 3 aromatic rings. The van der Waals surface area contributed by atoms with E-state index in [0.717, 1.165) is 34.3 Å². The molecule has 2 aromatic carbocycles. The standard InChI is InChI=1S/C17H18N4OS/c1-3-16-19-20-17(23)21(16)18-11-12-9-10-15(22-4-2)14-8-6-5-7-13(12)14/h5-11H,3-4H2,1-2H3,(H,20,23)/b18-11-. The van der Waals surface area contributed by atoms with Crippen molar-refractivity contribution in [1.29, 1.82) is 0 Å². The fourth-order valence-electron chi connectivity index (χ4n) is 2.48.